The van der Waals surface area contributed by atoms with Crippen molar-refractivity contribution in [3.8, 4) is 23.2 Å². The zero-order valence-corrected chi connectivity index (χ0v) is 31.0. The summed E-state index contributed by atoms with van der Waals surface area (Å²) in [4.78, 5) is 22.9. The van der Waals surface area contributed by atoms with Crippen molar-refractivity contribution in [2.24, 2.45) is 0 Å². The second kappa shape index (κ2) is 14.5. The van der Waals surface area contributed by atoms with Gasteiger partial charge in [-0.3, -0.25) is 0 Å². The number of nitrogens with one attached hydrogen (secondary N) is 1. The molecule has 1 N–H and O–H groups in total. The first-order valence-electron chi connectivity index (χ1n) is 16.3. The van der Waals surface area contributed by atoms with E-state index in [0.29, 0.717) is 66.3 Å². The number of H-pyrrole nitrogens is 1. The number of nitriles is 1. The van der Waals surface area contributed by atoms with E-state index in [2.05, 4.69) is 55.0 Å². The number of aromatic amines is 1. The maximum Gasteiger partial charge on any atom is 0.410 e. The molecule has 0 spiro atoms. The second-order valence-electron chi connectivity index (χ2n) is 14.7. The molecule has 4 aromatic rings. The maximum atomic E-state index is 13.1. The number of imidazole rings is 1. The van der Waals surface area contributed by atoms with E-state index in [1.54, 1.807) is 23.1 Å². The van der Waals surface area contributed by atoms with Gasteiger partial charge in [0.1, 0.15) is 11.7 Å². The van der Waals surface area contributed by atoms with Crippen molar-refractivity contribution >= 4 is 48.4 Å². The number of halogens is 2. The predicted molar refractivity (Wildman–Crippen MR) is 195 cm³/mol. The van der Waals surface area contributed by atoms with Gasteiger partial charge in [0.15, 0.2) is 0 Å². The summed E-state index contributed by atoms with van der Waals surface area (Å²) in [5.41, 5.74) is 3.91. The predicted octanol–water partition coefficient (Wildman–Crippen LogP) is 9.48. The first-order chi connectivity index (χ1) is 22.7. The van der Waals surface area contributed by atoms with Gasteiger partial charge in [0, 0.05) is 33.2 Å². The van der Waals surface area contributed by atoms with E-state index in [1.165, 1.54) is 0 Å². The Morgan fingerprint density at radius 2 is 1.73 bits per heavy atom. The molecule has 1 aliphatic rings. The number of amides is 1. The molecule has 1 saturated heterocycles. The molecule has 1 aliphatic heterocycles. The standard InChI is InChI=1S/C37H44Cl2N4O4Si/c1-36(2,3)47-35(44)43-16-14-37(15-17-43,28-12-10-26(11-13-28)27-9-7-8-25(20-27)23-40)33(24-45-18-19-48(4,5)6)46-34-41-31-21-29(38)30(39)22-32(31)42-34/h7-13,20-22,33H,14-19,24H2,1-6H3,(H,41,42). The molecule has 2 heterocycles. The third-order valence-corrected chi connectivity index (χ3v) is 11.2. The van der Waals surface area contributed by atoms with Crippen LogP contribution in [-0.4, -0.2) is 67.0 Å². The number of likely N-dealkylation sites (tertiary alicyclic amines) is 1. The number of hydrogen-bond donors (Lipinski definition) is 1. The molecule has 1 unspecified atom stereocenters. The van der Waals surface area contributed by atoms with Crippen LogP contribution in [0, 0.1) is 11.3 Å². The zero-order chi connectivity index (χ0) is 34.7. The summed E-state index contributed by atoms with van der Waals surface area (Å²) in [7, 11) is -1.33. The number of rotatable bonds is 10. The fraction of sp³-hybridized carbons (Fsp3) is 0.432. The molecule has 0 radical (unpaired) electrons. The van der Waals surface area contributed by atoms with Crippen molar-refractivity contribution in [2.75, 3.05) is 26.3 Å². The fourth-order valence-corrected chi connectivity index (χ4v) is 7.10. The Hall–Kier alpha value is -3.55. The molecular weight excluding hydrogens is 663 g/mol. The summed E-state index contributed by atoms with van der Waals surface area (Å²) in [6.45, 7) is 14.6. The molecule has 1 amide bonds. The third-order valence-electron chi connectivity index (χ3n) is 8.73. The molecule has 11 heteroatoms. The Kier molecular flexibility index (Phi) is 10.8. The van der Waals surface area contributed by atoms with Crippen molar-refractivity contribution < 1.29 is 19.0 Å². The lowest BCUT2D eigenvalue weighted by Crippen LogP contribution is -2.54. The molecule has 254 valence electrons. The average Bonchev–Trinajstić information content (AvgIpc) is 3.42. The SMILES string of the molecule is CC(C)(C)OC(=O)N1CCC(c2ccc(-c3cccc(C#N)c3)cc2)(C(COCC[Si](C)(C)C)Oc2nc3cc(Cl)c(Cl)cc3[nH]2)CC1. The van der Waals surface area contributed by atoms with Crippen LogP contribution in [0.15, 0.2) is 60.7 Å². The van der Waals surface area contributed by atoms with E-state index < -0.39 is 25.2 Å². The molecule has 1 aromatic heterocycles. The van der Waals surface area contributed by atoms with E-state index in [0.717, 1.165) is 28.3 Å². The minimum atomic E-state index is -1.33. The van der Waals surface area contributed by atoms with Crippen LogP contribution in [0.25, 0.3) is 22.2 Å². The number of aromatic nitrogens is 2. The van der Waals surface area contributed by atoms with Crippen LogP contribution in [-0.2, 0) is 14.9 Å². The van der Waals surface area contributed by atoms with E-state index in [9.17, 15) is 10.1 Å². The first-order valence-corrected chi connectivity index (χ1v) is 20.8. The molecule has 1 fully saturated rings. The Morgan fingerprint density at radius 1 is 1.04 bits per heavy atom. The Bertz CT molecular complexity index is 1740. The average molecular weight is 708 g/mol. The van der Waals surface area contributed by atoms with Gasteiger partial charge < -0.3 is 24.1 Å². The van der Waals surface area contributed by atoms with Gasteiger partial charge >= 0.3 is 6.09 Å². The van der Waals surface area contributed by atoms with Crippen molar-refractivity contribution in [1.82, 2.24) is 14.9 Å². The second-order valence-corrected chi connectivity index (χ2v) is 21.1. The molecule has 3 aromatic carbocycles. The smallest absolute Gasteiger partial charge is 0.410 e. The summed E-state index contributed by atoms with van der Waals surface area (Å²) >= 11 is 12.6. The lowest BCUT2D eigenvalue weighted by molar-refractivity contribution is -0.0254. The minimum absolute atomic E-state index is 0.321. The highest BCUT2D eigenvalue weighted by Gasteiger charge is 2.46. The van der Waals surface area contributed by atoms with Crippen LogP contribution >= 0.6 is 23.2 Å². The van der Waals surface area contributed by atoms with Crippen molar-refractivity contribution in [3.05, 3.63) is 81.8 Å². The van der Waals surface area contributed by atoms with E-state index in [4.69, 9.17) is 42.4 Å². The van der Waals surface area contributed by atoms with Crippen LogP contribution in [0.3, 0.4) is 0 Å². The number of benzene rings is 3. The highest BCUT2D eigenvalue weighted by Crippen LogP contribution is 2.42. The van der Waals surface area contributed by atoms with Gasteiger partial charge in [-0.25, -0.2) is 4.79 Å². The topological polar surface area (TPSA) is 100 Å². The molecule has 0 bridgehead atoms. The van der Waals surface area contributed by atoms with Crippen LogP contribution in [0.4, 0.5) is 4.79 Å². The molecule has 8 nitrogen and oxygen atoms in total. The first kappa shape index (κ1) is 35.7. The van der Waals surface area contributed by atoms with Crippen molar-refractivity contribution in [3.63, 3.8) is 0 Å². The van der Waals surface area contributed by atoms with Gasteiger partial charge in [-0.1, -0.05) is 79.2 Å². The highest BCUT2D eigenvalue weighted by atomic mass is 35.5. The summed E-state index contributed by atoms with van der Waals surface area (Å²) in [6, 6.07) is 23.1. The summed E-state index contributed by atoms with van der Waals surface area (Å²) < 4.78 is 18.9. The van der Waals surface area contributed by atoms with Crippen molar-refractivity contribution in [2.45, 2.75) is 76.4 Å². The van der Waals surface area contributed by atoms with Crippen LogP contribution in [0.2, 0.25) is 35.7 Å². The van der Waals surface area contributed by atoms with Gasteiger partial charge in [0.2, 0.25) is 0 Å². The molecule has 0 aliphatic carbocycles. The molecule has 48 heavy (non-hydrogen) atoms. The number of nitrogens with zero attached hydrogens (tertiary/aromatic N) is 3. The molecule has 5 rings (SSSR count). The summed E-state index contributed by atoms with van der Waals surface area (Å²) in [6.07, 6.45) is 0.475. The number of ether oxygens (including phenoxy) is 3. The largest absolute Gasteiger partial charge is 0.458 e. The molecule has 0 saturated carbocycles. The lowest BCUT2D eigenvalue weighted by Gasteiger charge is -2.46. The minimum Gasteiger partial charge on any atom is -0.458 e. The number of carbonyl (C=O) groups is 1. The summed E-state index contributed by atoms with van der Waals surface area (Å²) in [5, 5.41) is 10.3. The molecular formula is C37H44Cl2N4O4Si. The monoisotopic (exact) mass is 706 g/mol. The van der Waals surface area contributed by atoms with E-state index >= 15 is 0 Å². The van der Waals surface area contributed by atoms with Gasteiger partial charge in [-0.2, -0.15) is 10.2 Å². The van der Waals surface area contributed by atoms with Gasteiger partial charge in [-0.15, -0.1) is 0 Å². The Balaban J connectivity index is 1.52. The number of piperidine rings is 1. The highest BCUT2D eigenvalue weighted by molar-refractivity contribution is 6.76. The van der Waals surface area contributed by atoms with Gasteiger partial charge in [0.05, 0.1) is 39.3 Å². The quantitative estimate of drug-likeness (QED) is 0.130. The fourth-order valence-electron chi connectivity index (χ4n) is 6.02. The number of carbonyl (C=O) groups excluding carboxylic acids is 1. The Morgan fingerprint density at radius 3 is 2.38 bits per heavy atom. The van der Waals surface area contributed by atoms with Crippen molar-refractivity contribution in [1.29, 1.82) is 5.26 Å². The van der Waals surface area contributed by atoms with Crippen LogP contribution in [0.5, 0.6) is 6.01 Å². The van der Waals surface area contributed by atoms with Gasteiger partial charge in [-0.05, 0) is 80.6 Å². The van der Waals surface area contributed by atoms with E-state index in [-0.39, 0.29) is 6.09 Å². The van der Waals surface area contributed by atoms with Gasteiger partial charge in [0.25, 0.3) is 6.01 Å². The number of hydrogen-bond acceptors (Lipinski definition) is 6. The zero-order valence-electron chi connectivity index (χ0n) is 28.5. The van der Waals surface area contributed by atoms with E-state index in [1.807, 2.05) is 39.0 Å². The molecule has 1 atom stereocenters. The van der Waals surface area contributed by atoms with Crippen LogP contribution < -0.4 is 4.74 Å². The maximum absolute atomic E-state index is 13.1. The Labute approximate surface area is 294 Å². The third kappa shape index (κ3) is 8.72. The number of fused-ring (bicyclic) bond motifs is 1. The summed E-state index contributed by atoms with van der Waals surface area (Å²) in [5.74, 6) is 0. The van der Waals surface area contributed by atoms with Crippen LogP contribution in [0.1, 0.15) is 44.7 Å². The lowest BCUT2D eigenvalue weighted by atomic mass is 9.68. The normalized spacial score (nSPS) is 15.6.